The fourth-order valence-corrected chi connectivity index (χ4v) is 3.16. The van der Waals surface area contributed by atoms with E-state index in [1.54, 1.807) is 12.1 Å². The fraction of sp³-hybridized carbons (Fsp3) is 0.100. The van der Waals surface area contributed by atoms with Crippen LogP contribution in [0.5, 0.6) is 0 Å². The summed E-state index contributed by atoms with van der Waals surface area (Å²) in [5, 5.41) is 15.9. The third-order valence-corrected chi connectivity index (χ3v) is 4.66. The number of hydrogen-bond acceptors (Lipinski definition) is 5. The zero-order valence-electron chi connectivity index (χ0n) is 14.6. The number of nitrogens with one attached hydrogen (secondary N) is 1. The minimum atomic E-state index is -0.471. The zero-order valence-corrected chi connectivity index (χ0v) is 15.4. The minimum absolute atomic E-state index is 0.0174. The van der Waals surface area contributed by atoms with E-state index in [0.29, 0.717) is 10.7 Å². The number of benzene rings is 2. The third-order valence-electron chi connectivity index (χ3n) is 3.90. The molecule has 0 aliphatic heterocycles. The van der Waals surface area contributed by atoms with Gasteiger partial charge in [0, 0.05) is 29.2 Å². The number of rotatable bonds is 6. The summed E-state index contributed by atoms with van der Waals surface area (Å²) in [7, 11) is 0. The number of non-ortho nitro benzene ring substituents is 1. The Balaban J connectivity index is 1.65. The molecule has 0 fully saturated rings. The maximum Gasteiger partial charge on any atom is 0.270 e. The van der Waals surface area contributed by atoms with Gasteiger partial charge in [-0.15, -0.1) is 11.3 Å². The van der Waals surface area contributed by atoms with E-state index in [1.165, 1.54) is 41.2 Å². The molecule has 0 bridgehead atoms. The summed E-state index contributed by atoms with van der Waals surface area (Å²) in [6.07, 6.45) is 3.84. The molecule has 2 aromatic carbocycles. The minimum Gasteiger partial charge on any atom is -0.298 e. The number of aryl methyl sites for hydroxylation is 1. The topological polar surface area (TPSA) is 85.1 Å². The van der Waals surface area contributed by atoms with E-state index >= 15 is 0 Å². The number of amides is 1. The first-order chi connectivity index (χ1) is 13.0. The van der Waals surface area contributed by atoms with Gasteiger partial charge in [0.1, 0.15) is 0 Å². The van der Waals surface area contributed by atoms with Crippen molar-refractivity contribution in [2.24, 2.45) is 0 Å². The maximum atomic E-state index is 12.1. The Morgan fingerprint density at radius 1 is 1.26 bits per heavy atom. The molecule has 0 aliphatic carbocycles. The molecule has 0 saturated heterocycles. The van der Waals surface area contributed by atoms with Crippen molar-refractivity contribution in [3.05, 3.63) is 81.2 Å². The van der Waals surface area contributed by atoms with E-state index in [0.717, 1.165) is 17.7 Å². The largest absolute Gasteiger partial charge is 0.298 e. The van der Waals surface area contributed by atoms with Crippen LogP contribution in [0.15, 0.2) is 60.0 Å². The van der Waals surface area contributed by atoms with Crippen molar-refractivity contribution in [2.75, 3.05) is 5.32 Å². The highest BCUT2D eigenvalue weighted by molar-refractivity contribution is 7.14. The molecule has 3 rings (SSSR count). The Kier molecular flexibility index (Phi) is 5.73. The number of carbonyl (C=O) groups is 1. The maximum absolute atomic E-state index is 12.1. The number of thiazole rings is 1. The molecule has 6 nitrogen and oxygen atoms in total. The fourth-order valence-electron chi connectivity index (χ4n) is 2.44. The number of anilines is 1. The molecule has 7 heteroatoms. The number of nitro benzene ring substituents is 1. The molecule has 3 aromatic rings. The van der Waals surface area contributed by atoms with Crippen molar-refractivity contribution >= 4 is 34.1 Å². The lowest BCUT2D eigenvalue weighted by Gasteiger charge is -1.99. The summed E-state index contributed by atoms with van der Waals surface area (Å²) in [6, 6.07) is 14.2. The van der Waals surface area contributed by atoms with Crippen molar-refractivity contribution < 1.29 is 9.72 Å². The predicted octanol–water partition coefficient (Wildman–Crippen LogP) is 4.93. The monoisotopic (exact) mass is 379 g/mol. The quantitative estimate of drug-likeness (QED) is 0.374. The molecule has 0 saturated carbocycles. The van der Waals surface area contributed by atoms with E-state index < -0.39 is 4.92 Å². The Labute approximate surface area is 160 Å². The van der Waals surface area contributed by atoms with E-state index in [9.17, 15) is 14.9 Å². The average Bonchev–Trinajstić information content (AvgIpc) is 3.15. The number of nitrogens with zero attached hydrogens (tertiary/aromatic N) is 2. The molecule has 1 N–H and O–H groups in total. The van der Waals surface area contributed by atoms with Crippen LogP contribution >= 0.6 is 11.3 Å². The molecule has 0 aliphatic rings. The highest BCUT2D eigenvalue weighted by Gasteiger charge is 2.07. The van der Waals surface area contributed by atoms with Crippen LogP contribution in [0.1, 0.15) is 18.1 Å². The lowest BCUT2D eigenvalue weighted by Crippen LogP contribution is -2.07. The Morgan fingerprint density at radius 2 is 2.04 bits per heavy atom. The van der Waals surface area contributed by atoms with Crippen molar-refractivity contribution in [3.8, 4) is 11.3 Å². The van der Waals surface area contributed by atoms with Gasteiger partial charge in [0.2, 0.25) is 5.91 Å². The Morgan fingerprint density at radius 3 is 2.74 bits per heavy atom. The lowest BCUT2D eigenvalue weighted by molar-refractivity contribution is -0.384. The van der Waals surface area contributed by atoms with Gasteiger partial charge in [-0.2, -0.15) is 0 Å². The standard InChI is InChI=1S/C20H17N3O3S/c1-2-14-6-9-16(10-7-14)18-13-27-20(21-18)22-19(24)11-8-15-4-3-5-17(12-15)23(25)26/h3-13H,2H2,1H3,(H,21,22,24). The second-order valence-corrected chi connectivity index (χ2v) is 6.62. The molecular formula is C20H17N3O3S. The summed E-state index contributed by atoms with van der Waals surface area (Å²) in [6.45, 7) is 2.10. The molecule has 1 heterocycles. The highest BCUT2D eigenvalue weighted by Crippen LogP contribution is 2.25. The van der Waals surface area contributed by atoms with Gasteiger partial charge in [-0.3, -0.25) is 20.2 Å². The second-order valence-electron chi connectivity index (χ2n) is 5.76. The van der Waals surface area contributed by atoms with Crippen molar-refractivity contribution in [1.82, 2.24) is 4.98 Å². The molecule has 0 atom stereocenters. The number of carbonyl (C=O) groups excluding carboxylic acids is 1. The Bertz CT molecular complexity index is 994. The van der Waals surface area contributed by atoms with Gasteiger partial charge in [0.05, 0.1) is 10.6 Å². The van der Waals surface area contributed by atoms with Gasteiger partial charge in [-0.1, -0.05) is 43.3 Å². The SMILES string of the molecule is CCc1ccc(-c2csc(NC(=O)C=Cc3cccc([N+](=O)[O-])c3)n2)cc1. The van der Waals surface area contributed by atoms with Crippen LogP contribution in [0.3, 0.4) is 0 Å². The van der Waals surface area contributed by atoms with E-state index in [2.05, 4.69) is 29.4 Å². The van der Waals surface area contributed by atoms with Crippen LogP contribution in [0.25, 0.3) is 17.3 Å². The summed E-state index contributed by atoms with van der Waals surface area (Å²) < 4.78 is 0. The van der Waals surface area contributed by atoms with Gasteiger partial charge in [0.15, 0.2) is 5.13 Å². The normalized spacial score (nSPS) is 10.9. The number of nitro groups is 1. The summed E-state index contributed by atoms with van der Waals surface area (Å²) >= 11 is 1.34. The van der Waals surface area contributed by atoms with Crippen molar-refractivity contribution in [2.45, 2.75) is 13.3 Å². The third kappa shape index (κ3) is 4.86. The van der Waals surface area contributed by atoms with Crippen LogP contribution in [-0.4, -0.2) is 15.8 Å². The second kappa shape index (κ2) is 8.37. The Hall–Kier alpha value is -3.32. The average molecular weight is 379 g/mol. The number of hydrogen-bond donors (Lipinski definition) is 1. The molecule has 1 amide bonds. The van der Waals surface area contributed by atoms with Gasteiger partial charge < -0.3 is 0 Å². The molecule has 0 radical (unpaired) electrons. The first kappa shape index (κ1) is 18.5. The summed E-state index contributed by atoms with van der Waals surface area (Å²) in [4.78, 5) is 26.8. The van der Waals surface area contributed by atoms with Crippen LogP contribution in [-0.2, 0) is 11.2 Å². The smallest absolute Gasteiger partial charge is 0.270 e. The molecular weight excluding hydrogens is 362 g/mol. The molecule has 1 aromatic heterocycles. The summed E-state index contributed by atoms with van der Waals surface area (Å²) in [5.74, 6) is -0.344. The van der Waals surface area contributed by atoms with Gasteiger partial charge in [0.25, 0.3) is 5.69 Å². The molecule has 27 heavy (non-hydrogen) atoms. The van der Waals surface area contributed by atoms with Gasteiger partial charge >= 0.3 is 0 Å². The predicted molar refractivity (Wildman–Crippen MR) is 108 cm³/mol. The van der Waals surface area contributed by atoms with Crippen LogP contribution < -0.4 is 5.32 Å². The van der Waals surface area contributed by atoms with E-state index in [-0.39, 0.29) is 11.6 Å². The van der Waals surface area contributed by atoms with Crippen molar-refractivity contribution in [1.29, 1.82) is 0 Å². The first-order valence-electron chi connectivity index (χ1n) is 8.33. The lowest BCUT2D eigenvalue weighted by atomic mass is 10.1. The van der Waals surface area contributed by atoms with Gasteiger partial charge in [-0.25, -0.2) is 4.98 Å². The first-order valence-corrected chi connectivity index (χ1v) is 9.21. The summed E-state index contributed by atoms with van der Waals surface area (Å²) in [5.41, 5.74) is 3.62. The zero-order chi connectivity index (χ0) is 19.2. The number of aromatic nitrogens is 1. The molecule has 136 valence electrons. The van der Waals surface area contributed by atoms with Crippen LogP contribution in [0.2, 0.25) is 0 Å². The van der Waals surface area contributed by atoms with Crippen LogP contribution in [0.4, 0.5) is 10.8 Å². The van der Waals surface area contributed by atoms with Gasteiger partial charge in [-0.05, 0) is 23.6 Å². The van der Waals surface area contributed by atoms with E-state index in [1.807, 2.05) is 17.5 Å². The van der Waals surface area contributed by atoms with Crippen LogP contribution in [0, 0.1) is 10.1 Å². The highest BCUT2D eigenvalue weighted by atomic mass is 32.1. The van der Waals surface area contributed by atoms with E-state index in [4.69, 9.17) is 0 Å². The molecule has 0 spiro atoms. The van der Waals surface area contributed by atoms with Crippen molar-refractivity contribution in [3.63, 3.8) is 0 Å². The molecule has 0 unspecified atom stereocenters.